The summed E-state index contributed by atoms with van der Waals surface area (Å²) in [4.78, 5) is 43.1. The number of piperazine rings is 1. The summed E-state index contributed by atoms with van der Waals surface area (Å²) in [5, 5.41) is 11.6. The van der Waals surface area contributed by atoms with E-state index >= 15 is 0 Å². The van der Waals surface area contributed by atoms with Gasteiger partial charge in [0, 0.05) is 56.3 Å². The lowest BCUT2D eigenvalue weighted by atomic mass is 10.2. The second-order valence-electron chi connectivity index (χ2n) is 9.28. The lowest BCUT2D eigenvalue weighted by Gasteiger charge is -2.35. The van der Waals surface area contributed by atoms with Crippen LogP contribution in [0.5, 0.6) is 11.6 Å². The second kappa shape index (κ2) is 9.24. The highest BCUT2D eigenvalue weighted by Crippen LogP contribution is 2.28. The molecule has 0 radical (unpaired) electrons. The van der Waals surface area contributed by atoms with Gasteiger partial charge >= 0.3 is 6.09 Å². The standard InChI is InChI=1S/C24H27N5O6/c1-24(2,3)35-23(31)28-11-9-27(10-12-28)22(30)20-14-16-13-18(6-7-19(16)26(20)4)34-21-8-5-17(15-25-21)29(32)33/h5-8,13-15H,9-12H2,1-4H3. The molecular weight excluding hydrogens is 454 g/mol. The molecule has 0 atom stereocenters. The number of aryl methyl sites for hydroxylation is 1. The Morgan fingerprint density at radius 1 is 1.03 bits per heavy atom. The van der Waals surface area contributed by atoms with Crippen LogP contribution in [0, 0.1) is 10.1 Å². The number of fused-ring (bicyclic) bond motifs is 1. The van der Waals surface area contributed by atoms with Crippen LogP contribution in [0.1, 0.15) is 31.3 Å². The highest BCUT2D eigenvalue weighted by Gasteiger charge is 2.29. The maximum atomic E-state index is 13.2. The molecule has 11 nitrogen and oxygen atoms in total. The normalized spacial score (nSPS) is 14.2. The van der Waals surface area contributed by atoms with Crippen molar-refractivity contribution in [1.82, 2.24) is 19.4 Å². The molecule has 184 valence electrons. The molecule has 11 heteroatoms. The number of benzene rings is 1. The van der Waals surface area contributed by atoms with E-state index < -0.39 is 10.5 Å². The van der Waals surface area contributed by atoms with Crippen LogP contribution in [-0.2, 0) is 11.8 Å². The fourth-order valence-corrected chi connectivity index (χ4v) is 3.84. The van der Waals surface area contributed by atoms with Gasteiger partial charge in [-0.25, -0.2) is 9.78 Å². The van der Waals surface area contributed by atoms with Crippen LogP contribution in [-0.4, -0.2) is 68.1 Å². The minimum atomic E-state index is -0.565. The number of nitro groups is 1. The molecule has 4 rings (SSSR count). The number of rotatable bonds is 4. The quantitative estimate of drug-likeness (QED) is 0.408. The van der Waals surface area contributed by atoms with E-state index in [2.05, 4.69) is 4.98 Å². The van der Waals surface area contributed by atoms with Gasteiger partial charge in [0.1, 0.15) is 23.2 Å². The van der Waals surface area contributed by atoms with Crippen molar-refractivity contribution in [3.05, 3.63) is 58.4 Å². The number of hydrogen-bond donors (Lipinski definition) is 0. The third kappa shape index (κ3) is 5.34. The Bertz CT molecular complexity index is 1270. The fourth-order valence-electron chi connectivity index (χ4n) is 3.84. The first-order chi connectivity index (χ1) is 16.5. The van der Waals surface area contributed by atoms with Crippen molar-refractivity contribution >= 4 is 28.6 Å². The van der Waals surface area contributed by atoms with E-state index in [1.807, 2.05) is 38.5 Å². The summed E-state index contributed by atoms with van der Waals surface area (Å²) in [7, 11) is 1.82. The van der Waals surface area contributed by atoms with E-state index in [1.165, 1.54) is 12.1 Å². The number of nitrogens with zero attached hydrogens (tertiary/aromatic N) is 5. The molecule has 3 heterocycles. The molecule has 1 saturated heterocycles. The molecule has 0 saturated carbocycles. The first-order valence-electron chi connectivity index (χ1n) is 11.2. The molecule has 1 aromatic carbocycles. The Morgan fingerprint density at radius 2 is 1.71 bits per heavy atom. The molecule has 0 aliphatic carbocycles. The third-order valence-electron chi connectivity index (χ3n) is 5.61. The van der Waals surface area contributed by atoms with Crippen LogP contribution < -0.4 is 4.74 Å². The van der Waals surface area contributed by atoms with E-state index in [4.69, 9.17) is 9.47 Å². The van der Waals surface area contributed by atoms with Gasteiger partial charge in [0.25, 0.3) is 11.6 Å². The van der Waals surface area contributed by atoms with Gasteiger partial charge in [-0.15, -0.1) is 0 Å². The van der Waals surface area contributed by atoms with E-state index in [-0.39, 0.29) is 23.6 Å². The molecule has 35 heavy (non-hydrogen) atoms. The average Bonchev–Trinajstić information content (AvgIpc) is 3.13. The first kappa shape index (κ1) is 24.0. The number of amides is 2. The predicted octanol–water partition coefficient (Wildman–Crippen LogP) is 3.97. The highest BCUT2D eigenvalue weighted by molar-refractivity contribution is 5.99. The van der Waals surface area contributed by atoms with Gasteiger partial charge in [-0.2, -0.15) is 0 Å². The minimum absolute atomic E-state index is 0.118. The largest absolute Gasteiger partial charge is 0.444 e. The number of carbonyl (C=O) groups is 2. The van der Waals surface area contributed by atoms with Gasteiger partial charge < -0.3 is 23.8 Å². The maximum Gasteiger partial charge on any atom is 0.410 e. The molecule has 1 fully saturated rings. The Labute approximate surface area is 202 Å². The minimum Gasteiger partial charge on any atom is -0.444 e. The van der Waals surface area contributed by atoms with E-state index in [0.717, 1.165) is 17.1 Å². The Balaban J connectivity index is 1.45. The van der Waals surface area contributed by atoms with Gasteiger partial charge in [0.05, 0.1) is 4.92 Å². The van der Waals surface area contributed by atoms with Gasteiger partial charge in [0.15, 0.2) is 0 Å². The molecule has 0 bridgehead atoms. The Hall–Kier alpha value is -4.15. The molecule has 1 aliphatic rings. The summed E-state index contributed by atoms with van der Waals surface area (Å²) in [5.74, 6) is 0.603. The summed E-state index contributed by atoms with van der Waals surface area (Å²) in [6, 6.07) is 9.93. The maximum absolute atomic E-state index is 13.2. The van der Waals surface area contributed by atoms with Crippen LogP contribution in [0.3, 0.4) is 0 Å². The van der Waals surface area contributed by atoms with Gasteiger partial charge in [0.2, 0.25) is 5.88 Å². The van der Waals surface area contributed by atoms with Crippen molar-refractivity contribution in [3.63, 3.8) is 0 Å². The predicted molar refractivity (Wildman–Crippen MR) is 128 cm³/mol. The van der Waals surface area contributed by atoms with E-state index in [0.29, 0.717) is 37.6 Å². The monoisotopic (exact) mass is 481 g/mol. The zero-order valence-corrected chi connectivity index (χ0v) is 20.1. The van der Waals surface area contributed by atoms with Crippen molar-refractivity contribution in [2.45, 2.75) is 26.4 Å². The number of carbonyl (C=O) groups excluding carboxylic acids is 2. The zero-order valence-electron chi connectivity index (χ0n) is 20.1. The van der Waals surface area contributed by atoms with Crippen LogP contribution in [0.2, 0.25) is 0 Å². The molecule has 0 spiro atoms. The summed E-state index contributed by atoms with van der Waals surface area (Å²) >= 11 is 0. The fraction of sp³-hybridized carbons (Fsp3) is 0.375. The topological polar surface area (TPSA) is 120 Å². The Kier molecular flexibility index (Phi) is 6.33. The number of aromatic nitrogens is 2. The molecule has 3 aromatic rings. The van der Waals surface area contributed by atoms with E-state index in [1.54, 1.807) is 28.0 Å². The first-order valence-corrected chi connectivity index (χ1v) is 11.2. The van der Waals surface area contributed by atoms with Gasteiger partial charge in [-0.05, 0) is 45.0 Å². The van der Waals surface area contributed by atoms with Gasteiger partial charge in [-0.3, -0.25) is 14.9 Å². The lowest BCUT2D eigenvalue weighted by molar-refractivity contribution is -0.385. The number of hydrogen-bond acceptors (Lipinski definition) is 7. The summed E-state index contributed by atoms with van der Waals surface area (Å²) < 4.78 is 13.0. The van der Waals surface area contributed by atoms with Crippen LogP contribution in [0.15, 0.2) is 42.6 Å². The van der Waals surface area contributed by atoms with Crippen molar-refractivity contribution in [2.75, 3.05) is 26.2 Å². The van der Waals surface area contributed by atoms with Crippen LogP contribution in [0.4, 0.5) is 10.5 Å². The molecule has 0 N–H and O–H groups in total. The molecule has 1 aliphatic heterocycles. The zero-order chi connectivity index (χ0) is 25.3. The van der Waals surface area contributed by atoms with Crippen molar-refractivity contribution in [3.8, 4) is 11.6 Å². The van der Waals surface area contributed by atoms with Crippen molar-refractivity contribution in [1.29, 1.82) is 0 Å². The molecule has 2 amide bonds. The summed E-state index contributed by atoms with van der Waals surface area (Å²) in [6.45, 7) is 7.12. The van der Waals surface area contributed by atoms with Crippen LogP contribution in [0.25, 0.3) is 10.9 Å². The molecule has 2 aromatic heterocycles. The smallest absolute Gasteiger partial charge is 0.410 e. The van der Waals surface area contributed by atoms with E-state index in [9.17, 15) is 19.7 Å². The third-order valence-corrected chi connectivity index (χ3v) is 5.61. The second-order valence-corrected chi connectivity index (χ2v) is 9.28. The highest BCUT2D eigenvalue weighted by atomic mass is 16.6. The summed E-state index contributed by atoms with van der Waals surface area (Å²) in [5.41, 5.74) is 0.691. The molecular formula is C24H27N5O6. The van der Waals surface area contributed by atoms with Crippen molar-refractivity contribution < 1.29 is 24.0 Å². The Morgan fingerprint density at radius 3 is 2.31 bits per heavy atom. The van der Waals surface area contributed by atoms with Crippen molar-refractivity contribution in [2.24, 2.45) is 7.05 Å². The van der Waals surface area contributed by atoms with Crippen LogP contribution >= 0.6 is 0 Å². The SMILES string of the molecule is Cn1c(C(=O)N2CCN(C(=O)OC(C)(C)C)CC2)cc2cc(Oc3ccc([N+](=O)[O-])cn3)ccc21. The molecule has 0 unspecified atom stereocenters. The van der Waals surface area contributed by atoms with Gasteiger partial charge in [-0.1, -0.05) is 0 Å². The number of pyridine rings is 1. The summed E-state index contributed by atoms with van der Waals surface area (Å²) in [6.07, 6.45) is 0.764. The number of ether oxygens (including phenoxy) is 2. The lowest BCUT2D eigenvalue weighted by Crippen LogP contribution is -2.51. The average molecular weight is 482 g/mol.